The van der Waals surface area contributed by atoms with Crippen LogP contribution >= 0.6 is 0 Å². The van der Waals surface area contributed by atoms with Crippen LogP contribution in [0.3, 0.4) is 0 Å². The van der Waals surface area contributed by atoms with E-state index >= 15 is 0 Å². The molecule has 19 heavy (non-hydrogen) atoms. The van der Waals surface area contributed by atoms with Crippen molar-refractivity contribution in [1.82, 2.24) is 0 Å². The van der Waals surface area contributed by atoms with Crippen molar-refractivity contribution < 1.29 is 22.5 Å². The first kappa shape index (κ1) is 14.9. The minimum atomic E-state index is -2.31. The maximum Gasteiger partial charge on any atom is 0.311 e. The molecule has 0 aromatic carbocycles. The Balaban J connectivity index is 2.05. The maximum absolute atomic E-state index is 12.1. The van der Waals surface area contributed by atoms with Crippen LogP contribution in [0.15, 0.2) is 0 Å². The first-order valence-electron chi connectivity index (χ1n) is 6.84. The van der Waals surface area contributed by atoms with E-state index in [0.717, 1.165) is 19.3 Å². The highest BCUT2D eigenvalue weighted by Gasteiger charge is 2.52. The van der Waals surface area contributed by atoms with Crippen molar-refractivity contribution in [3.05, 3.63) is 0 Å². The number of rotatable bonds is 5. The fourth-order valence-corrected chi connectivity index (χ4v) is 3.46. The van der Waals surface area contributed by atoms with Crippen molar-refractivity contribution >= 4 is 17.3 Å². The van der Waals surface area contributed by atoms with Gasteiger partial charge < -0.3 is 4.74 Å². The Bertz CT molecular complexity index is 381. The zero-order valence-electron chi connectivity index (χ0n) is 11.6. The van der Waals surface area contributed by atoms with Crippen LogP contribution in [0.25, 0.3) is 0 Å². The number of hydrogen-bond acceptors (Lipinski definition) is 4. The molecular formula is C13H22O5S. The summed E-state index contributed by atoms with van der Waals surface area (Å²) in [5.74, 6) is 0.267. The Morgan fingerprint density at radius 2 is 1.89 bits per heavy atom. The van der Waals surface area contributed by atoms with Gasteiger partial charge in [0, 0.05) is 0 Å². The molecule has 0 heterocycles. The summed E-state index contributed by atoms with van der Waals surface area (Å²) in [6.45, 7) is 5.64. The van der Waals surface area contributed by atoms with Gasteiger partial charge in [-0.15, -0.1) is 0 Å². The highest BCUT2D eigenvalue weighted by atomic mass is 32.2. The molecule has 5 nitrogen and oxygen atoms in total. The van der Waals surface area contributed by atoms with E-state index < -0.39 is 22.9 Å². The lowest BCUT2D eigenvalue weighted by Crippen LogP contribution is -2.41. The van der Waals surface area contributed by atoms with Crippen molar-refractivity contribution in [2.45, 2.75) is 58.7 Å². The molecule has 0 saturated heterocycles. The highest BCUT2D eigenvalue weighted by molar-refractivity contribution is 7.74. The number of esters is 1. The van der Waals surface area contributed by atoms with Gasteiger partial charge in [0.05, 0.1) is 5.41 Å². The van der Waals surface area contributed by atoms with Gasteiger partial charge in [-0.2, -0.15) is 4.21 Å². The van der Waals surface area contributed by atoms with E-state index in [1.807, 2.05) is 20.8 Å². The smallest absolute Gasteiger partial charge is 0.311 e. The summed E-state index contributed by atoms with van der Waals surface area (Å²) in [7, 11) is 0. The van der Waals surface area contributed by atoms with E-state index in [4.69, 9.17) is 13.5 Å². The Hall–Kier alpha value is -0.460. The summed E-state index contributed by atoms with van der Waals surface area (Å²) >= 11 is -2.31. The van der Waals surface area contributed by atoms with Crippen LogP contribution in [0.2, 0.25) is 0 Å². The summed E-state index contributed by atoms with van der Waals surface area (Å²) in [6, 6.07) is 0. The molecule has 0 aromatic rings. The molecule has 2 fully saturated rings. The summed E-state index contributed by atoms with van der Waals surface area (Å²) in [5.41, 5.74) is -0.523. The predicted octanol–water partition coefficient (Wildman–Crippen LogP) is 2.29. The fourth-order valence-electron chi connectivity index (χ4n) is 3.01. The third kappa shape index (κ3) is 3.01. The molecule has 110 valence electrons. The van der Waals surface area contributed by atoms with Crippen molar-refractivity contribution in [2.24, 2.45) is 17.3 Å². The van der Waals surface area contributed by atoms with Crippen LogP contribution in [-0.2, 0) is 25.1 Å². The third-order valence-electron chi connectivity index (χ3n) is 4.64. The zero-order valence-corrected chi connectivity index (χ0v) is 12.4. The molecule has 2 bridgehead atoms. The van der Waals surface area contributed by atoms with Gasteiger partial charge in [-0.3, -0.25) is 13.5 Å². The largest absolute Gasteiger partial charge is 0.459 e. The van der Waals surface area contributed by atoms with Crippen LogP contribution in [0.1, 0.15) is 46.5 Å². The molecule has 0 aromatic heterocycles. The van der Waals surface area contributed by atoms with Gasteiger partial charge in [-0.25, -0.2) is 0 Å². The zero-order chi connectivity index (χ0) is 14.2. The molecule has 5 unspecified atom stereocenters. The molecule has 5 atom stereocenters. The van der Waals surface area contributed by atoms with Crippen LogP contribution < -0.4 is 0 Å². The summed E-state index contributed by atoms with van der Waals surface area (Å²) in [5, 5.41) is 0. The summed E-state index contributed by atoms with van der Waals surface area (Å²) in [4.78, 5) is 12.1. The second-order valence-electron chi connectivity index (χ2n) is 6.22. The van der Waals surface area contributed by atoms with E-state index in [1.54, 1.807) is 0 Å². The van der Waals surface area contributed by atoms with Crippen LogP contribution in [0.5, 0.6) is 0 Å². The molecule has 1 N–H and O–H groups in total. The number of hydrogen-bond donors (Lipinski definition) is 1. The van der Waals surface area contributed by atoms with Gasteiger partial charge in [-0.1, -0.05) is 6.92 Å². The monoisotopic (exact) mass is 290 g/mol. The molecule has 0 amide bonds. The van der Waals surface area contributed by atoms with Crippen LogP contribution in [0.4, 0.5) is 0 Å². The molecule has 2 saturated carbocycles. The molecule has 2 rings (SSSR count). The van der Waals surface area contributed by atoms with Gasteiger partial charge >= 0.3 is 17.3 Å². The van der Waals surface area contributed by atoms with Gasteiger partial charge in [0.15, 0.2) is 0 Å². The Morgan fingerprint density at radius 1 is 1.32 bits per heavy atom. The second kappa shape index (κ2) is 5.50. The molecule has 2 aliphatic carbocycles. The summed E-state index contributed by atoms with van der Waals surface area (Å²) in [6.07, 6.45) is 2.82. The Labute approximate surface area is 116 Å². The average molecular weight is 290 g/mol. The SMILES string of the molecule is CCC(C)(C)C(=O)OC1C2CCC(C2)C1OS(=O)O. The van der Waals surface area contributed by atoms with E-state index in [0.29, 0.717) is 6.42 Å². The average Bonchev–Trinajstić information content (AvgIpc) is 2.91. The lowest BCUT2D eigenvalue weighted by molar-refractivity contribution is -0.167. The minimum Gasteiger partial charge on any atom is -0.459 e. The predicted molar refractivity (Wildman–Crippen MR) is 70.4 cm³/mol. The van der Waals surface area contributed by atoms with Crippen LogP contribution in [0, 0.1) is 17.3 Å². The second-order valence-corrected chi connectivity index (χ2v) is 6.85. The fraction of sp³-hybridized carbons (Fsp3) is 0.923. The normalized spacial score (nSPS) is 35.4. The van der Waals surface area contributed by atoms with E-state index in [-0.39, 0.29) is 23.9 Å². The minimum absolute atomic E-state index is 0.239. The molecule has 2 aliphatic rings. The number of ether oxygens (including phenoxy) is 1. The summed E-state index contributed by atoms with van der Waals surface area (Å²) < 4.78 is 30.4. The standard InChI is InChI=1S/C13H22O5S/c1-4-13(2,3)12(14)17-10-8-5-6-9(7-8)11(10)18-19(15)16/h8-11H,4-7H2,1-3H3,(H,15,16). The van der Waals surface area contributed by atoms with Crippen molar-refractivity contribution in [3.63, 3.8) is 0 Å². The highest BCUT2D eigenvalue weighted by Crippen LogP contribution is 2.48. The number of fused-ring (bicyclic) bond motifs is 2. The van der Waals surface area contributed by atoms with E-state index in [2.05, 4.69) is 0 Å². The quantitative estimate of drug-likeness (QED) is 0.621. The molecule has 0 radical (unpaired) electrons. The van der Waals surface area contributed by atoms with Crippen molar-refractivity contribution in [1.29, 1.82) is 0 Å². The van der Waals surface area contributed by atoms with Gasteiger partial charge in [-0.05, 0) is 51.4 Å². The van der Waals surface area contributed by atoms with Gasteiger partial charge in [0.1, 0.15) is 12.2 Å². The first-order chi connectivity index (χ1) is 8.85. The topological polar surface area (TPSA) is 72.8 Å². The lowest BCUT2D eigenvalue weighted by atomic mass is 9.89. The Morgan fingerprint density at radius 3 is 2.42 bits per heavy atom. The molecule has 6 heteroatoms. The van der Waals surface area contributed by atoms with E-state index in [9.17, 15) is 9.00 Å². The number of carbonyl (C=O) groups excluding carboxylic acids is 1. The van der Waals surface area contributed by atoms with E-state index in [1.165, 1.54) is 0 Å². The molecule has 0 aliphatic heterocycles. The Kier molecular flexibility index (Phi) is 4.32. The number of carbonyl (C=O) groups is 1. The lowest BCUT2D eigenvalue weighted by Gasteiger charge is -2.32. The van der Waals surface area contributed by atoms with Crippen molar-refractivity contribution in [3.8, 4) is 0 Å². The first-order valence-corrected chi connectivity index (χ1v) is 7.87. The van der Waals surface area contributed by atoms with Gasteiger partial charge in [0.25, 0.3) is 0 Å². The third-order valence-corrected chi connectivity index (χ3v) is 5.03. The van der Waals surface area contributed by atoms with Crippen molar-refractivity contribution in [2.75, 3.05) is 0 Å². The molecular weight excluding hydrogens is 268 g/mol. The maximum atomic E-state index is 12.1. The molecule has 0 spiro atoms. The van der Waals surface area contributed by atoms with Crippen LogP contribution in [-0.4, -0.2) is 26.9 Å². The van der Waals surface area contributed by atoms with Gasteiger partial charge in [0.2, 0.25) is 0 Å².